The van der Waals surface area contributed by atoms with Crippen molar-refractivity contribution in [2.24, 2.45) is 5.73 Å². The Morgan fingerprint density at radius 2 is 1.93 bits per heavy atom. The van der Waals surface area contributed by atoms with Crippen molar-refractivity contribution in [1.29, 1.82) is 0 Å². The van der Waals surface area contributed by atoms with Gasteiger partial charge in [0, 0.05) is 23.5 Å². The van der Waals surface area contributed by atoms with Crippen molar-refractivity contribution in [2.75, 3.05) is 11.4 Å². The highest BCUT2D eigenvalue weighted by molar-refractivity contribution is 5.92. The van der Waals surface area contributed by atoms with Crippen LogP contribution in [-0.2, 0) is 5.54 Å². The molecule has 1 fully saturated rings. The number of urea groups is 1. The predicted molar refractivity (Wildman–Crippen MR) is 114 cm³/mol. The second-order valence-corrected chi connectivity index (χ2v) is 8.17. The fraction of sp³-hybridized carbons (Fsp3) is 0.391. The number of rotatable bonds is 5. The van der Waals surface area contributed by atoms with Gasteiger partial charge in [-0.2, -0.15) is 0 Å². The van der Waals surface area contributed by atoms with E-state index >= 15 is 0 Å². The van der Waals surface area contributed by atoms with Gasteiger partial charge in [-0.1, -0.05) is 44.9 Å². The lowest BCUT2D eigenvalue weighted by Crippen LogP contribution is -2.48. The number of amides is 2. The largest absolute Gasteiger partial charge is 0.351 e. The predicted octanol–water partition coefficient (Wildman–Crippen LogP) is 5.01. The van der Waals surface area contributed by atoms with Gasteiger partial charge in [0.15, 0.2) is 0 Å². The lowest BCUT2D eigenvalue weighted by molar-refractivity contribution is 0.245. The molecule has 1 aliphatic carbocycles. The highest BCUT2D eigenvalue weighted by atomic mass is 16.2. The number of primary amides is 1. The number of carbonyl (C=O) groups is 1. The summed E-state index contributed by atoms with van der Waals surface area (Å²) in [4.78, 5) is 19.0. The van der Waals surface area contributed by atoms with Crippen molar-refractivity contribution >= 4 is 22.8 Å². The van der Waals surface area contributed by atoms with Gasteiger partial charge in [-0.05, 0) is 48.6 Å². The number of nitrogens with zero attached hydrogens (tertiary/aromatic N) is 3. The molecule has 1 aliphatic rings. The van der Waals surface area contributed by atoms with Gasteiger partial charge in [-0.15, -0.1) is 0 Å². The van der Waals surface area contributed by atoms with Crippen LogP contribution in [0.25, 0.3) is 11.0 Å². The van der Waals surface area contributed by atoms with E-state index in [0.29, 0.717) is 12.5 Å². The normalized spacial score (nSPS) is 16.0. The maximum Gasteiger partial charge on any atom is 0.319 e. The third-order valence-corrected chi connectivity index (χ3v) is 6.06. The zero-order chi connectivity index (χ0) is 19.7. The first kappa shape index (κ1) is 18.5. The number of benzene rings is 1. The molecule has 0 atom stereocenters. The third kappa shape index (κ3) is 3.15. The molecule has 0 spiro atoms. The Balaban J connectivity index is 1.79. The molecule has 0 saturated heterocycles. The molecule has 1 saturated carbocycles. The van der Waals surface area contributed by atoms with Crippen LogP contribution in [0.5, 0.6) is 0 Å². The number of fused-ring (bicyclic) bond motifs is 1. The fourth-order valence-electron chi connectivity index (χ4n) is 4.65. The standard InChI is InChI=1S/C23H28N4O/c1-17(2)19-9-3-4-10-20(19)26(22(24)28)16-23(12-5-6-13-23)27-15-11-18-8-7-14-25-21(18)27/h3-4,7-11,14-15,17H,5-6,12-13,16H2,1-2H3,(H2,24,28). The maximum atomic E-state index is 12.6. The molecule has 1 aromatic carbocycles. The smallest absolute Gasteiger partial charge is 0.319 e. The Morgan fingerprint density at radius 1 is 1.18 bits per heavy atom. The van der Waals surface area contributed by atoms with E-state index in [1.807, 2.05) is 30.5 Å². The van der Waals surface area contributed by atoms with Crippen LogP contribution in [0.15, 0.2) is 54.9 Å². The molecule has 0 aliphatic heterocycles. The van der Waals surface area contributed by atoms with E-state index in [4.69, 9.17) is 5.73 Å². The van der Waals surface area contributed by atoms with Crippen LogP contribution in [0.3, 0.4) is 0 Å². The molecule has 28 heavy (non-hydrogen) atoms. The lowest BCUT2D eigenvalue weighted by atomic mass is 9.94. The van der Waals surface area contributed by atoms with Gasteiger partial charge in [-0.25, -0.2) is 9.78 Å². The highest BCUT2D eigenvalue weighted by Gasteiger charge is 2.40. The summed E-state index contributed by atoms with van der Waals surface area (Å²) in [5.41, 5.74) is 8.76. The SMILES string of the molecule is CC(C)c1ccccc1N(CC1(n2ccc3cccnc32)CCCC1)C(N)=O. The van der Waals surface area contributed by atoms with Gasteiger partial charge in [0.2, 0.25) is 0 Å². The topological polar surface area (TPSA) is 64.2 Å². The maximum absolute atomic E-state index is 12.6. The van der Waals surface area contributed by atoms with Gasteiger partial charge >= 0.3 is 6.03 Å². The quantitative estimate of drug-likeness (QED) is 0.680. The molecule has 2 heterocycles. The first-order valence-corrected chi connectivity index (χ1v) is 10.1. The average Bonchev–Trinajstić information content (AvgIpc) is 3.33. The molecule has 0 bridgehead atoms. The zero-order valence-electron chi connectivity index (χ0n) is 16.6. The van der Waals surface area contributed by atoms with Crippen molar-refractivity contribution in [2.45, 2.75) is 51.0 Å². The number of carbonyl (C=O) groups excluding carboxylic acids is 1. The number of nitrogens with two attached hydrogens (primary N) is 1. The summed E-state index contributed by atoms with van der Waals surface area (Å²) in [6, 6.07) is 13.9. The molecule has 3 aromatic rings. The lowest BCUT2D eigenvalue weighted by Gasteiger charge is -2.37. The van der Waals surface area contributed by atoms with Gasteiger partial charge in [0.05, 0.1) is 12.1 Å². The van der Waals surface area contributed by atoms with Gasteiger partial charge in [0.25, 0.3) is 0 Å². The second-order valence-electron chi connectivity index (χ2n) is 8.17. The zero-order valence-corrected chi connectivity index (χ0v) is 16.6. The molecule has 2 N–H and O–H groups in total. The Kier molecular flexibility index (Phi) is 4.84. The molecular formula is C23H28N4O. The molecule has 0 unspecified atom stereocenters. The molecule has 5 nitrogen and oxygen atoms in total. The Hall–Kier alpha value is -2.82. The van der Waals surface area contributed by atoms with Crippen LogP contribution in [0, 0.1) is 0 Å². The molecule has 0 radical (unpaired) electrons. The van der Waals surface area contributed by atoms with Crippen molar-refractivity contribution in [1.82, 2.24) is 9.55 Å². The van der Waals surface area contributed by atoms with E-state index in [1.165, 1.54) is 0 Å². The van der Waals surface area contributed by atoms with E-state index < -0.39 is 6.03 Å². The summed E-state index contributed by atoms with van der Waals surface area (Å²) in [7, 11) is 0. The molecule has 2 amide bonds. The number of hydrogen-bond acceptors (Lipinski definition) is 2. The van der Waals surface area contributed by atoms with Crippen LogP contribution in [0.2, 0.25) is 0 Å². The van der Waals surface area contributed by atoms with Gasteiger partial charge < -0.3 is 10.3 Å². The molecule has 4 rings (SSSR count). The van der Waals surface area contributed by atoms with Crippen molar-refractivity contribution in [3.05, 3.63) is 60.4 Å². The highest BCUT2D eigenvalue weighted by Crippen LogP contribution is 2.41. The Labute approximate surface area is 166 Å². The minimum absolute atomic E-state index is 0.185. The molecule has 5 heteroatoms. The second kappa shape index (κ2) is 7.30. The first-order valence-electron chi connectivity index (χ1n) is 10.1. The number of anilines is 1. The monoisotopic (exact) mass is 376 g/mol. The van der Waals surface area contributed by atoms with E-state index in [2.05, 4.69) is 47.8 Å². The van der Waals surface area contributed by atoms with E-state index in [9.17, 15) is 4.79 Å². The van der Waals surface area contributed by atoms with E-state index in [1.54, 1.807) is 4.90 Å². The minimum Gasteiger partial charge on any atom is -0.351 e. The van der Waals surface area contributed by atoms with E-state index in [0.717, 1.165) is 48.0 Å². The number of aromatic nitrogens is 2. The Morgan fingerprint density at radius 3 is 2.64 bits per heavy atom. The third-order valence-electron chi connectivity index (χ3n) is 6.06. The summed E-state index contributed by atoms with van der Waals surface area (Å²) in [6.45, 7) is 4.85. The van der Waals surface area contributed by atoms with Crippen molar-refractivity contribution in [3.63, 3.8) is 0 Å². The number of pyridine rings is 1. The average molecular weight is 377 g/mol. The number of hydrogen-bond donors (Lipinski definition) is 1. The van der Waals surface area contributed by atoms with Gasteiger partial charge in [0.1, 0.15) is 5.65 Å². The summed E-state index contributed by atoms with van der Waals surface area (Å²) in [5.74, 6) is 0.312. The fourth-order valence-corrected chi connectivity index (χ4v) is 4.65. The molecular weight excluding hydrogens is 348 g/mol. The van der Waals surface area contributed by atoms with E-state index in [-0.39, 0.29) is 5.54 Å². The summed E-state index contributed by atoms with van der Waals surface area (Å²) in [5, 5.41) is 1.13. The summed E-state index contributed by atoms with van der Waals surface area (Å²) >= 11 is 0. The Bertz CT molecular complexity index is 985. The molecule has 146 valence electrons. The van der Waals surface area contributed by atoms with Crippen LogP contribution in [0.4, 0.5) is 10.5 Å². The summed E-state index contributed by atoms with van der Waals surface area (Å²) < 4.78 is 2.28. The first-order chi connectivity index (χ1) is 13.5. The van der Waals surface area contributed by atoms with Crippen LogP contribution in [-0.4, -0.2) is 22.1 Å². The minimum atomic E-state index is -0.399. The number of para-hydroxylation sites is 1. The summed E-state index contributed by atoms with van der Waals surface area (Å²) in [6.07, 6.45) is 8.27. The molecule has 2 aromatic heterocycles. The van der Waals surface area contributed by atoms with Gasteiger partial charge in [-0.3, -0.25) is 4.90 Å². The van der Waals surface area contributed by atoms with Crippen molar-refractivity contribution in [3.8, 4) is 0 Å². The van der Waals surface area contributed by atoms with Crippen molar-refractivity contribution < 1.29 is 4.79 Å². The van der Waals surface area contributed by atoms with Crippen LogP contribution < -0.4 is 10.6 Å². The van der Waals surface area contributed by atoms with Crippen LogP contribution >= 0.6 is 0 Å². The van der Waals surface area contributed by atoms with Crippen LogP contribution in [0.1, 0.15) is 51.0 Å².